The average molecular weight is 212 g/mol. The van der Waals surface area contributed by atoms with E-state index in [1.165, 1.54) is 24.8 Å². The average Bonchev–Trinajstić information content (AvgIpc) is 2.12. The van der Waals surface area contributed by atoms with Gasteiger partial charge in [0.05, 0.1) is 6.10 Å². The van der Waals surface area contributed by atoms with E-state index in [0.717, 1.165) is 0 Å². The van der Waals surface area contributed by atoms with Gasteiger partial charge in [0, 0.05) is 7.11 Å². The third-order valence-corrected chi connectivity index (χ3v) is 2.98. The van der Waals surface area contributed by atoms with E-state index in [4.69, 9.17) is 4.74 Å². The van der Waals surface area contributed by atoms with Gasteiger partial charge in [0.1, 0.15) is 0 Å². The SMILES string of the molecule is C=C(C(C)CCCC)C(OC)C(C)(C)C. The zero-order valence-electron chi connectivity index (χ0n) is 11.4. The minimum atomic E-state index is 0.145. The molecule has 2 unspecified atom stereocenters. The highest BCUT2D eigenvalue weighted by Crippen LogP contribution is 2.32. The molecule has 0 rings (SSSR count). The summed E-state index contributed by atoms with van der Waals surface area (Å²) in [7, 11) is 1.79. The number of hydrogen-bond acceptors (Lipinski definition) is 1. The smallest absolute Gasteiger partial charge is 0.0829 e. The molecular formula is C14H28O. The van der Waals surface area contributed by atoms with Gasteiger partial charge in [-0.1, -0.05) is 54.0 Å². The van der Waals surface area contributed by atoms with Gasteiger partial charge in [-0.15, -0.1) is 0 Å². The molecule has 0 fully saturated rings. The second-order valence-corrected chi connectivity index (χ2v) is 5.60. The van der Waals surface area contributed by atoms with Gasteiger partial charge in [-0.3, -0.25) is 0 Å². The van der Waals surface area contributed by atoms with Gasteiger partial charge in [-0.05, 0) is 23.3 Å². The van der Waals surface area contributed by atoms with E-state index in [9.17, 15) is 0 Å². The molecule has 0 aromatic heterocycles. The van der Waals surface area contributed by atoms with E-state index in [2.05, 4.69) is 41.2 Å². The Morgan fingerprint density at radius 3 is 2.20 bits per heavy atom. The Morgan fingerprint density at radius 2 is 1.87 bits per heavy atom. The largest absolute Gasteiger partial charge is 0.377 e. The van der Waals surface area contributed by atoms with Crippen LogP contribution in [0.4, 0.5) is 0 Å². The molecule has 2 atom stereocenters. The molecule has 0 saturated carbocycles. The second kappa shape index (κ2) is 6.32. The Morgan fingerprint density at radius 1 is 1.33 bits per heavy atom. The Kier molecular flexibility index (Phi) is 6.19. The van der Waals surface area contributed by atoms with Crippen LogP contribution >= 0.6 is 0 Å². The predicted molar refractivity (Wildman–Crippen MR) is 68.1 cm³/mol. The Balaban J connectivity index is 4.39. The number of unbranched alkanes of at least 4 members (excludes halogenated alkanes) is 1. The standard InChI is InChI=1S/C14H28O/c1-8-9-10-11(2)12(3)13(15-7)14(4,5)6/h11,13H,3,8-10H2,1-2,4-7H3. The van der Waals surface area contributed by atoms with Gasteiger partial charge >= 0.3 is 0 Å². The molecule has 0 aliphatic carbocycles. The van der Waals surface area contributed by atoms with Crippen molar-refractivity contribution in [3.8, 4) is 0 Å². The van der Waals surface area contributed by atoms with E-state index in [-0.39, 0.29) is 11.5 Å². The molecule has 0 amide bonds. The van der Waals surface area contributed by atoms with Crippen LogP contribution in [0.15, 0.2) is 12.2 Å². The molecule has 1 nitrogen and oxygen atoms in total. The minimum Gasteiger partial charge on any atom is -0.377 e. The van der Waals surface area contributed by atoms with Crippen LogP contribution in [0, 0.1) is 11.3 Å². The zero-order valence-corrected chi connectivity index (χ0v) is 11.4. The highest BCUT2D eigenvalue weighted by molar-refractivity contribution is 5.10. The maximum absolute atomic E-state index is 5.58. The van der Waals surface area contributed by atoms with Gasteiger partial charge in [0.25, 0.3) is 0 Å². The lowest BCUT2D eigenvalue weighted by Crippen LogP contribution is -2.32. The van der Waals surface area contributed by atoms with Crippen LogP contribution in [0.25, 0.3) is 0 Å². The maximum atomic E-state index is 5.58. The molecule has 90 valence electrons. The summed E-state index contributed by atoms with van der Waals surface area (Å²) in [6.07, 6.45) is 3.93. The van der Waals surface area contributed by atoms with Crippen molar-refractivity contribution in [2.24, 2.45) is 11.3 Å². The van der Waals surface area contributed by atoms with Gasteiger partial charge in [0.2, 0.25) is 0 Å². The Hall–Kier alpha value is -0.300. The van der Waals surface area contributed by atoms with E-state index in [1.54, 1.807) is 7.11 Å². The van der Waals surface area contributed by atoms with Crippen LogP contribution in [0.1, 0.15) is 53.9 Å². The van der Waals surface area contributed by atoms with Crippen molar-refractivity contribution >= 4 is 0 Å². The Bertz CT molecular complexity index is 188. The van der Waals surface area contributed by atoms with Crippen molar-refractivity contribution in [2.45, 2.75) is 60.0 Å². The summed E-state index contributed by atoms with van der Waals surface area (Å²) in [5.74, 6) is 0.564. The van der Waals surface area contributed by atoms with E-state index >= 15 is 0 Å². The number of hydrogen-bond donors (Lipinski definition) is 0. The summed E-state index contributed by atoms with van der Waals surface area (Å²) in [5.41, 5.74) is 1.39. The van der Waals surface area contributed by atoms with Crippen molar-refractivity contribution in [3.63, 3.8) is 0 Å². The molecule has 0 saturated heterocycles. The summed E-state index contributed by atoms with van der Waals surface area (Å²) in [6, 6.07) is 0. The van der Waals surface area contributed by atoms with Crippen molar-refractivity contribution < 1.29 is 4.74 Å². The third-order valence-electron chi connectivity index (χ3n) is 2.98. The molecule has 0 heterocycles. The number of rotatable bonds is 6. The summed E-state index contributed by atoms with van der Waals surface area (Å²) >= 11 is 0. The van der Waals surface area contributed by atoms with Crippen LogP contribution in [-0.4, -0.2) is 13.2 Å². The van der Waals surface area contributed by atoms with Gasteiger partial charge in [-0.25, -0.2) is 0 Å². The quantitative estimate of drug-likeness (QED) is 0.592. The van der Waals surface area contributed by atoms with E-state index < -0.39 is 0 Å². The van der Waals surface area contributed by atoms with Crippen LogP contribution < -0.4 is 0 Å². The summed E-state index contributed by atoms with van der Waals surface area (Å²) < 4.78 is 5.58. The van der Waals surface area contributed by atoms with Crippen molar-refractivity contribution in [1.82, 2.24) is 0 Å². The monoisotopic (exact) mass is 212 g/mol. The molecular weight excluding hydrogens is 184 g/mol. The molecule has 0 aromatic carbocycles. The third kappa shape index (κ3) is 4.83. The molecule has 0 radical (unpaired) electrons. The molecule has 0 aliphatic rings. The second-order valence-electron chi connectivity index (χ2n) is 5.60. The van der Waals surface area contributed by atoms with Gasteiger partial charge in [0.15, 0.2) is 0 Å². The first-order valence-electron chi connectivity index (χ1n) is 6.06. The van der Waals surface area contributed by atoms with Crippen molar-refractivity contribution in [1.29, 1.82) is 0 Å². The summed E-state index contributed by atoms with van der Waals surface area (Å²) in [6.45, 7) is 15.3. The first-order chi connectivity index (χ1) is 6.84. The number of methoxy groups -OCH3 is 1. The molecule has 15 heavy (non-hydrogen) atoms. The van der Waals surface area contributed by atoms with Crippen molar-refractivity contribution in [3.05, 3.63) is 12.2 Å². The molecule has 0 N–H and O–H groups in total. The Labute approximate surface area is 95.9 Å². The lowest BCUT2D eigenvalue weighted by molar-refractivity contribution is 0.0376. The fourth-order valence-electron chi connectivity index (χ4n) is 2.02. The zero-order chi connectivity index (χ0) is 12.1. The molecule has 0 aromatic rings. The fourth-order valence-corrected chi connectivity index (χ4v) is 2.02. The van der Waals surface area contributed by atoms with E-state index in [0.29, 0.717) is 5.92 Å². The normalized spacial score (nSPS) is 16.1. The maximum Gasteiger partial charge on any atom is 0.0829 e. The van der Waals surface area contributed by atoms with Crippen molar-refractivity contribution in [2.75, 3.05) is 7.11 Å². The van der Waals surface area contributed by atoms with Crippen LogP contribution in [-0.2, 0) is 4.74 Å². The molecule has 0 aliphatic heterocycles. The molecule has 0 bridgehead atoms. The first kappa shape index (κ1) is 14.7. The first-order valence-corrected chi connectivity index (χ1v) is 6.06. The molecule has 0 spiro atoms. The lowest BCUT2D eigenvalue weighted by atomic mass is 9.79. The van der Waals surface area contributed by atoms with E-state index in [1.807, 2.05) is 0 Å². The summed E-state index contributed by atoms with van der Waals surface area (Å²) in [4.78, 5) is 0. The highest BCUT2D eigenvalue weighted by atomic mass is 16.5. The van der Waals surface area contributed by atoms with Crippen LogP contribution in [0.2, 0.25) is 0 Å². The lowest BCUT2D eigenvalue weighted by Gasteiger charge is -2.33. The van der Waals surface area contributed by atoms with Crippen LogP contribution in [0.5, 0.6) is 0 Å². The van der Waals surface area contributed by atoms with Crippen LogP contribution in [0.3, 0.4) is 0 Å². The topological polar surface area (TPSA) is 9.23 Å². The number of ether oxygens (including phenoxy) is 1. The highest BCUT2D eigenvalue weighted by Gasteiger charge is 2.28. The van der Waals surface area contributed by atoms with Gasteiger partial charge < -0.3 is 4.74 Å². The molecule has 1 heteroatoms. The minimum absolute atomic E-state index is 0.145. The predicted octanol–water partition coefficient (Wildman–Crippen LogP) is 4.43. The fraction of sp³-hybridized carbons (Fsp3) is 0.857. The summed E-state index contributed by atoms with van der Waals surface area (Å²) in [5, 5.41) is 0. The van der Waals surface area contributed by atoms with Gasteiger partial charge in [-0.2, -0.15) is 0 Å².